The minimum absolute atomic E-state index is 0.0238. The zero-order valence-corrected chi connectivity index (χ0v) is 21.4. The van der Waals surface area contributed by atoms with E-state index >= 15 is 0 Å². The van der Waals surface area contributed by atoms with E-state index in [1.807, 2.05) is 0 Å². The summed E-state index contributed by atoms with van der Waals surface area (Å²) in [6.07, 6.45) is 8.68. The molecule has 1 amide bonds. The summed E-state index contributed by atoms with van der Waals surface area (Å²) in [4.78, 5) is 21.2. The standard InChI is InChI=1S/C24H25ClFN5O4S/c1-13-10-15(18-17(33-2)12-28-20(25)19(18)26)16(11-27-13)21(32)29-22-30-31-23(36-22)35-14-4-7-24(8-5-14)6-3-9-34-24/h10-12,14H,3-9H2,1-2H3,(H,29,30,32). The number of pyridine rings is 2. The van der Waals surface area contributed by atoms with Crippen molar-refractivity contribution in [2.75, 3.05) is 19.0 Å². The Morgan fingerprint density at radius 1 is 1.25 bits per heavy atom. The minimum atomic E-state index is -0.792. The van der Waals surface area contributed by atoms with Crippen LogP contribution in [0.1, 0.15) is 54.6 Å². The average Bonchev–Trinajstić information content (AvgIpc) is 3.51. The minimum Gasteiger partial charge on any atom is -0.494 e. The summed E-state index contributed by atoms with van der Waals surface area (Å²) in [5.41, 5.74) is 1.02. The number of carbonyl (C=O) groups is 1. The quantitative estimate of drug-likeness (QED) is 0.429. The summed E-state index contributed by atoms with van der Waals surface area (Å²) in [6, 6.07) is 1.59. The molecule has 3 aromatic rings. The summed E-state index contributed by atoms with van der Waals surface area (Å²) in [5, 5.41) is 11.1. The number of aromatic nitrogens is 4. The van der Waals surface area contributed by atoms with Crippen molar-refractivity contribution in [3.05, 3.63) is 40.7 Å². The molecule has 0 aromatic carbocycles. The highest BCUT2D eigenvalue weighted by Crippen LogP contribution is 2.41. The molecule has 190 valence electrons. The Kier molecular flexibility index (Phi) is 7.05. The number of amides is 1. The van der Waals surface area contributed by atoms with Gasteiger partial charge in [-0.2, -0.15) is 0 Å². The van der Waals surface area contributed by atoms with Gasteiger partial charge in [0.05, 0.1) is 30.0 Å². The molecule has 5 rings (SSSR count). The maximum Gasteiger partial charge on any atom is 0.296 e. The molecule has 1 aliphatic carbocycles. The number of rotatable bonds is 6. The van der Waals surface area contributed by atoms with E-state index in [9.17, 15) is 9.18 Å². The van der Waals surface area contributed by atoms with Crippen LogP contribution in [0.25, 0.3) is 11.1 Å². The Balaban J connectivity index is 1.31. The van der Waals surface area contributed by atoms with E-state index in [-0.39, 0.29) is 44.4 Å². The van der Waals surface area contributed by atoms with Gasteiger partial charge in [0.1, 0.15) is 11.9 Å². The predicted octanol–water partition coefficient (Wildman–Crippen LogP) is 5.23. The van der Waals surface area contributed by atoms with Crippen LogP contribution in [0, 0.1) is 12.7 Å². The molecular weight excluding hydrogens is 509 g/mol. The lowest BCUT2D eigenvalue weighted by atomic mass is 9.81. The summed E-state index contributed by atoms with van der Waals surface area (Å²) in [5.74, 6) is -1.19. The SMILES string of the molecule is COc1cnc(Cl)c(F)c1-c1cc(C)ncc1C(=O)Nc1nnc(OC2CCC3(CCCO3)CC2)s1. The molecule has 0 bridgehead atoms. The summed E-state index contributed by atoms with van der Waals surface area (Å²) >= 11 is 7.05. The van der Waals surface area contributed by atoms with E-state index in [1.165, 1.54) is 19.5 Å². The van der Waals surface area contributed by atoms with Crippen molar-refractivity contribution in [2.24, 2.45) is 0 Å². The Bertz CT molecular complexity index is 1270. The molecule has 9 nitrogen and oxygen atoms in total. The van der Waals surface area contributed by atoms with Gasteiger partial charge in [-0.25, -0.2) is 9.37 Å². The second-order valence-corrected chi connectivity index (χ2v) is 10.3. The van der Waals surface area contributed by atoms with Crippen LogP contribution in [0.3, 0.4) is 0 Å². The van der Waals surface area contributed by atoms with Gasteiger partial charge in [0.2, 0.25) is 5.13 Å². The van der Waals surface area contributed by atoms with Gasteiger partial charge in [-0.3, -0.25) is 15.1 Å². The van der Waals surface area contributed by atoms with Gasteiger partial charge in [0.25, 0.3) is 11.1 Å². The van der Waals surface area contributed by atoms with Crippen molar-refractivity contribution < 1.29 is 23.4 Å². The molecular formula is C24H25ClFN5O4S. The molecule has 0 radical (unpaired) electrons. The molecule has 2 fully saturated rings. The fraction of sp³-hybridized carbons (Fsp3) is 0.458. The molecule has 1 saturated carbocycles. The summed E-state index contributed by atoms with van der Waals surface area (Å²) < 4.78 is 32.3. The van der Waals surface area contributed by atoms with Gasteiger partial charge in [-0.05, 0) is 62.9 Å². The van der Waals surface area contributed by atoms with Gasteiger partial charge in [-0.15, -0.1) is 5.10 Å². The number of methoxy groups -OCH3 is 1. The first-order valence-corrected chi connectivity index (χ1v) is 12.9. The van der Waals surface area contributed by atoms with Crippen molar-refractivity contribution >= 4 is 34.0 Å². The van der Waals surface area contributed by atoms with Crippen LogP contribution in [0.4, 0.5) is 9.52 Å². The molecule has 3 aromatic heterocycles. The fourth-order valence-electron chi connectivity index (χ4n) is 4.80. The zero-order valence-electron chi connectivity index (χ0n) is 19.8. The Hall–Kier alpha value is -2.89. The monoisotopic (exact) mass is 533 g/mol. The number of anilines is 1. The molecule has 12 heteroatoms. The number of nitrogens with zero attached hydrogens (tertiary/aromatic N) is 4. The predicted molar refractivity (Wildman–Crippen MR) is 132 cm³/mol. The fourth-order valence-corrected chi connectivity index (χ4v) is 5.60. The lowest BCUT2D eigenvalue weighted by molar-refractivity contribution is -0.0464. The average molecular weight is 534 g/mol. The molecule has 1 aliphatic heterocycles. The first-order valence-electron chi connectivity index (χ1n) is 11.7. The van der Waals surface area contributed by atoms with Crippen molar-refractivity contribution in [1.29, 1.82) is 0 Å². The third-order valence-electron chi connectivity index (χ3n) is 6.64. The second-order valence-electron chi connectivity index (χ2n) is 8.96. The van der Waals surface area contributed by atoms with Gasteiger partial charge in [-0.1, -0.05) is 16.7 Å². The van der Waals surface area contributed by atoms with Gasteiger partial charge < -0.3 is 14.2 Å². The number of aryl methyl sites for hydroxylation is 1. The maximum atomic E-state index is 15.0. The Morgan fingerprint density at radius 3 is 2.78 bits per heavy atom. The highest BCUT2D eigenvalue weighted by Gasteiger charge is 2.39. The van der Waals surface area contributed by atoms with Gasteiger partial charge in [0.15, 0.2) is 11.0 Å². The van der Waals surface area contributed by atoms with Crippen LogP contribution >= 0.6 is 22.9 Å². The van der Waals surface area contributed by atoms with Crippen LogP contribution in [-0.2, 0) is 4.74 Å². The first kappa shape index (κ1) is 24.8. The Labute approximate surface area is 216 Å². The lowest BCUT2D eigenvalue weighted by Crippen LogP contribution is -2.37. The van der Waals surface area contributed by atoms with Crippen molar-refractivity contribution in [2.45, 2.75) is 57.2 Å². The largest absolute Gasteiger partial charge is 0.494 e. The van der Waals surface area contributed by atoms with Crippen LogP contribution < -0.4 is 14.8 Å². The number of ether oxygens (including phenoxy) is 3. The van der Waals surface area contributed by atoms with Crippen molar-refractivity contribution in [3.8, 4) is 22.1 Å². The van der Waals surface area contributed by atoms with E-state index in [4.69, 9.17) is 25.8 Å². The van der Waals surface area contributed by atoms with Crippen LogP contribution in [0.2, 0.25) is 5.15 Å². The Morgan fingerprint density at radius 2 is 2.06 bits per heavy atom. The topological polar surface area (TPSA) is 108 Å². The molecule has 1 saturated heterocycles. The highest BCUT2D eigenvalue weighted by molar-refractivity contribution is 7.17. The van der Waals surface area contributed by atoms with Crippen molar-refractivity contribution in [1.82, 2.24) is 20.2 Å². The number of hydrogen-bond donors (Lipinski definition) is 1. The third kappa shape index (κ3) is 5.00. The van der Waals surface area contributed by atoms with E-state index in [2.05, 4.69) is 25.5 Å². The smallest absolute Gasteiger partial charge is 0.296 e. The molecule has 1 N–H and O–H groups in total. The molecule has 0 unspecified atom stereocenters. The molecule has 36 heavy (non-hydrogen) atoms. The second kappa shape index (κ2) is 10.2. The van der Waals surface area contributed by atoms with Crippen LogP contribution in [0.5, 0.6) is 10.9 Å². The third-order valence-corrected chi connectivity index (χ3v) is 7.63. The van der Waals surface area contributed by atoms with Crippen LogP contribution in [0.15, 0.2) is 18.5 Å². The van der Waals surface area contributed by atoms with Crippen molar-refractivity contribution in [3.63, 3.8) is 0 Å². The van der Waals surface area contributed by atoms with Gasteiger partial charge >= 0.3 is 0 Å². The number of carbonyl (C=O) groups excluding carboxylic acids is 1. The van der Waals surface area contributed by atoms with E-state index in [1.54, 1.807) is 13.0 Å². The number of halogens is 2. The summed E-state index contributed by atoms with van der Waals surface area (Å²) in [7, 11) is 1.39. The molecule has 0 atom stereocenters. The van der Waals surface area contributed by atoms with E-state index < -0.39 is 11.7 Å². The lowest BCUT2D eigenvalue weighted by Gasteiger charge is -2.35. The molecule has 1 spiro atoms. The summed E-state index contributed by atoms with van der Waals surface area (Å²) in [6.45, 7) is 2.58. The maximum absolute atomic E-state index is 15.0. The number of hydrogen-bond acceptors (Lipinski definition) is 9. The first-order chi connectivity index (χ1) is 17.4. The van der Waals surface area contributed by atoms with Crippen LogP contribution in [-0.4, -0.2) is 51.5 Å². The van der Waals surface area contributed by atoms with E-state index in [0.29, 0.717) is 10.9 Å². The molecule has 4 heterocycles. The molecule has 2 aliphatic rings. The number of nitrogens with one attached hydrogen (secondary N) is 1. The highest BCUT2D eigenvalue weighted by atomic mass is 35.5. The zero-order chi connectivity index (χ0) is 25.3. The van der Waals surface area contributed by atoms with E-state index in [0.717, 1.165) is 56.5 Å². The normalized spacial score (nSPS) is 21.5. The van der Waals surface area contributed by atoms with Gasteiger partial charge in [0, 0.05) is 24.1 Å².